The Kier molecular flexibility index (Phi) is 7.19. The van der Waals surface area contributed by atoms with Crippen molar-refractivity contribution >= 4 is 17.3 Å². The van der Waals surface area contributed by atoms with E-state index in [0.717, 1.165) is 4.90 Å². The van der Waals surface area contributed by atoms with Gasteiger partial charge in [0.15, 0.2) is 0 Å². The number of rotatable bonds is 8. The van der Waals surface area contributed by atoms with Crippen LogP contribution in [0.3, 0.4) is 0 Å². The Morgan fingerprint density at radius 3 is 2.30 bits per heavy atom. The third-order valence-electron chi connectivity index (χ3n) is 2.84. The maximum atomic E-state index is 12.1. The molecule has 3 N–H and O–H groups in total. The Hall–Kier alpha value is -2.96. The zero-order valence-corrected chi connectivity index (χ0v) is 12.2. The summed E-state index contributed by atoms with van der Waals surface area (Å²) in [6.45, 7) is -0.591. The van der Waals surface area contributed by atoms with Crippen molar-refractivity contribution < 1.29 is 19.9 Å². The van der Waals surface area contributed by atoms with Crippen LogP contribution in [0.2, 0.25) is 0 Å². The summed E-state index contributed by atoms with van der Waals surface area (Å²) in [5.41, 5.74) is 0.172. The van der Waals surface area contributed by atoms with Gasteiger partial charge in [0.25, 0.3) is 11.6 Å². The molecule has 1 aromatic rings. The van der Waals surface area contributed by atoms with Crippen LogP contribution in [0, 0.1) is 21.4 Å². The highest BCUT2D eigenvalue weighted by atomic mass is 16.6. The van der Waals surface area contributed by atoms with Crippen molar-refractivity contribution in [1.29, 1.82) is 5.26 Å². The Bertz CT molecular complexity index is 615. The van der Waals surface area contributed by atoms with Gasteiger partial charge < -0.3 is 20.4 Å². The van der Waals surface area contributed by atoms with Crippen molar-refractivity contribution in [3.05, 3.63) is 46.2 Å². The lowest BCUT2D eigenvalue weighted by atomic mass is 10.2. The number of carbonyl (C=O) groups is 1. The minimum atomic E-state index is -0.634. The molecule has 0 aliphatic rings. The molecule has 1 aromatic carbocycles. The van der Waals surface area contributed by atoms with Crippen LogP contribution in [0.1, 0.15) is 0 Å². The minimum Gasteiger partial charge on any atom is -0.395 e. The first-order valence-electron chi connectivity index (χ1n) is 6.65. The van der Waals surface area contributed by atoms with Crippen molar-refractivity contribution in [2.45, 2.75) is 0 Å². The van der Waals surface area contributed by atoms with Gasteiger partial charge in [-0.3, -0.25) is 14.9 Å². The van der Waals surface area contributed by atoms with Crippen LogP contribution in [0.5, 0.6) is 0 Å². The summed E-state index contributed by atoms with van der Waals surface area (Å²) in [6.07, 6.45) is 1.17. The quantitative estimate of drug-likeness (QED) is 0.269. The van der Waals surface area contributed by atoms with Gasteiger partial charge in [-0.15, -0.1) is 0 Å². The van der Waals surface area contributed by atoms with Crippen LogP contribution in [0.4, 0.5) is 11.4 Å². The van der Waals surface area contributed by atoms with E-state index in [1.54, 1.807) is 6.07 Å². The van der Waals surface area contributed by atoms with Crippen molar-refractivity contribution in [3.63, 3.8) is 0 Å². The first-order valence-corrected chi connectivity index (χ1v) is 6.65. The number of benzene rings is 1. The highest BCUT2D eigenvalue weighted by Crippen LogP contribution is 2.15. The van der Waals surface area contributed by atoms with E-state index in [2.05, 4.69) is 5.32 Å². The first kappa shape index (κ1) is 18.1. The number of aliphatic hydroxyl groups is 2. The van der Waals surface area contributed by atoms with Gasteiger partial charge in [0.2, 0.25) is 0 Å². The summed E-state index contributed by atoms with van der Waals surface area (Å²) in [7, 11) is 0. The molecule has 0 radical (unpaired) electrons. The summed E-state index contributed by atoms with van der Waals surface area (Å²) in [6, 6.07) is 7.18. The lowest BCUT2D eigenvalue weighted by molar-refractivity contribution is -0.384. The molecule has 23 heavy (non-hydrogen) atoms. The molecule has 9 heteroatoms. The Morgan fingerprint density at radius 1 is 1.30 bits per heavy atom. The topological polar surface area (TPSA) is 140 Å². The second kappa shape index (κ2) is 9.14. The molecule has 0 spiro atoms. The monoisotopic (exact) mass is 320 g/mol. The number of non-ortho nitro benzene ring substituents is 1. The number of nitrogens with one attached hydrogen (secondary N) is 1. The average Bonchev–Trinajstić information content (AvgIpc) is 2.55. The number of hydrogen-bond donors (Lipinski definition) is 3. The molecular formula is C14H16N4O5. The van der Waals surface area contributed by atoms with E-state index in [1.807, 2.05) is 0 Å². The van der Waals surface area contributed by atoms with E-state index < -0.39 is 10.8 Å². The normalized spacial score (nSPS) is 10.7. The molecule has 122 valence electrons. The molecule has 0 saturated heterocycles. The minimum absolute atomic E-state index is 0.00402. The second-order valence-electron chi connectivity index (χ2n) is 4.36. The number of carbonyl (C=O) groups excluding carboxylic acids is 1. The lowest BCUT2D eigenvalue weighted by Crippen LogP contribution is -2.36. The van der Waals surface area contributed by atoms with Crippen LogP contribution >= 0.6 is 0 Å². The van der Waals surface area contributed by atoms with Gasteiger partial charge in [0, 0.05) is 37.1 Å². The van der Waals surface area contributed by atoms with Crippen LogP contribution in [-0.4, -0.2) is 52.2 Å². The molecule has 0 aliphatic carbocycles. The maximum Gasteiger partial charge on any atom is 0.269 e. The Morgan fingerprint density at radius 2 is 1.87 bits per heavy atom. The predicted octanol–water partition coefficient (Wildman–Crippen LogP) is 0.227. The summed E-state index contributed by atoms with van der Waals surface area (Å²) in [5.74, 6) is -0.634. The summed E-state index contributed by atoms with van der Waals surface area (Å²) < 4.78 is 0. The van der Waals surface area contributed by atoms with Crippen LogP contribution in [-0.2, 0) is 4.79 Å². The smallest absolute Gasteiger partial charge is 0.269 e. The molecule has 0 aromatic heterocycles. The van der Waals surface area contributed by atoms with Gasteiger partial charge in [-0.2, -0.15) is 5.26 Å². The van der Waals surface area contributed by atoms with Crippen LogP contribution in [0.15, 0.2) is 36.0 Å². The molecule has 1 rings (SSSR count). The molecule has 0 atom stereocenters. The average molecular weight is 320 g/mol. The number of nitro benzene ring substituents is 1. The van der Waals surface area contributed by atoms with Gasteiger partial charge >= 0.3 is 0 Å². The fourth-order valence-electron chi connectivity index (χ4n) is 1.70. The van der Waals surface area contributed by atoms with Gasteiger partial charge in [-0.1, -0.05) is 0 Å². The van der Waals surface area contributed by atoms with E-state index in [1.165, 1.54) is 30.5 Å². The van der Waals surface area contributed by atoms with Crippen molar-refractivity contribution in [2.24, 2.45) is 0 Å². The number of nitriles is 1. The molecule has 0 fully saturated rings. The lowest BCUT2D eigenvalue weighted by Gasteiger charge is -2.20. The molecule has 0 saturated carbocycles. The summed E-state index contributed by atoms with van der Waals surface area (Å²) >= 11 is 0. The van der Waals surface area contributed by atoms with E-state index in [-0.39, 0.29) is 37.6 Å². The van der Waals surface area contributed by atoms with E-state index >= 15 is 0 Å². The third kappa shape index (κ3) is 5.39. The number of hydrogen-bond acceptors (Lipinski definition) is 7. The number of nitrogens with zero attached hydrogens (tertiary/aromatic N) is 3. The largest absolute Gasteiger partial charge is 0.395 e. The highest BCUT2D eigenvalue weighted by molar-refractivity contribution is 5.97. The predicted molar refractivity (Wildman–Crippen MR) is 81.2 cm³/mol. The summed E-state index contributed by atoms with van der Waals surface area (Å²) in [4.78, 5) is 23.3. The molecule has 0 unspecified atom stereocenters. The van der Waals surface area contributed by atoms with Crippen molar-refractivity contribution in [2.75, 3.05) is 31.6 Å². The van der Waals surface area contributed by atoms with Gasteiger partial charge in [0.05, 0.1) is 18.1 Å². The summed E-state index contributed by atoms with van der Waals surface area (Å²) in [5, 5.41) is 40.1. The van der Waals surface area contributed by atoms with Gasteiger partial charge in [-0.05, 0) is 12.1 Å². The molecule has 9 nitrogen and oxygen atoms in total. The Balaban J connectivity index is 2.83. The molecule has 0 bridgehead atoms. The SMILES string of the molecule is N#C/C(=C/Nc1ccc([N+](=O)[O-])cc1)C(=O)N(CCO)CCO. The van der Waals surface area contributed by atoms with Gasteiger partial charge in [-0.25, -0.2) is 0 Å². The highest BCUT2D eigenvalue weighted by Gasteiger charge is 2.17. The zero-order valence-electron chi connectivity index (χ0n) is 12.2. The van der Waals surface area contributed by atoms with E-state index in [9.17, 15) is 14.9 Å². The van der Waals surface area contributed by atoms with Crippen LogP contribution in [0.25, 0.3) is 0 Å². The molecular weight excluding hydrogens is 304 g/mol. The standard InChI is InChI=1S/C14H16N4O5/c15-9-11(14(21)17(5-7-19)6-8-20)10-16-12-1-3-13(4-2-12)18(22)23/h1-4,10,16,19-20H,5-8H2/b11-10-. The number of nitro groups is 1. The number of amides is 1. The van der Waals surface area contributed by atoms with E-state index in [0.29, 0.717) is 5.69 Å². The second-order valence-corrected chi connectivity index (χ2v) is 4.36. The Labute approximate surface area is 132 Å². The fourth-order valence-corrected chi connectivity index (χ4v) is 1.70. The van der Waals surface area contributed by atoms with Crippen molar-refractivity contribution in [3.8, 4) is 6.07 Å². The van der Waals surface area contributed by atoms with Crippen molar-refractivity contribution in [1.82, 2.24) is 4.90 Å². The molecule has 1 amide bonds. The molecule has 0 heterocycles. The van der Waals surface area contributed by atoms with Crippen LogP contribution < -0.4 is 5.32 Å². The first-order chi connectivity index (χ1) is 11.0. The fraction of sp³-hybridized carbons (Fsp3) is 0.286. The van der Waals surface area contributed by atoms with Gasteiger partial charge in [0.1, 0.15) is 11.6 Å². The zero-order chi connectivity index (χ0) is 17.2. The molecule has 0 aliphatic heterocycles. The third-order valence-corrected chi connectivity index (χ3v) is 2.84. The van der Waals surface area contributed by atoms with E-state index in [4.69, 9.17) is 15.5 Å². The number of anilines is 1. The number of aliphatic hydroxyl groups excluding tert-OH is 2. The maximum absolute atomic E-state index is 12.1.